The fraction of sp³-hybridized carbons (Fsp3) is 0.867. The Hall–Kier alpha value is -0.500. The lowest BCUT2D eigenvalue weighted by atomic mass is 9.68. The molecule has 96 valence electrons. The molecular formula is C15H24O2. The van der Waals surface area contributed by atoms with Crippen LogP contribution in [0.15, 0.2) is 11.8 Å². The van der Waals surface area contributed by atoms with Gasteiger partial charge in [0, 0.05) is 5.92 Å². The van der Waals surface area contributed by atoms with E-state index in [1.807, 2.05) is 6.26 Å². The Morgan fingerprint density at radius 2 is 2.00 bits per heavy atom. The fourth-order valence-corrected chi connectivity index (χ4v) is 4.09. The number of fused-ring (bicyclic) bond motifs is 5. The van der Waals surface area contributed by atoms with Crippen molar-refractivity contribution in [1.29, 1.82) is 0 Å². The molecule has 5 unspecified atom stereocenters. The summed E-state index contributed by atoms with van der Waals surface area (Å²) in [6.45, 7) is 5.01. The molecule has 2 aliphatic heterocycles. The van der Waals surface area contributed by atoms with E-state index in [1.165, 1.54) is 37.7 Å². The van der Waals surface area contributed by atoms with Crippen LogP contribution in [0, 0.1) is 17.8 Å². The van der Waals surface area contributed by atoms with Gasteiger partial charge in [0.1, 0.15) is 0 Å². The van der Waals surface area contributed by atoms with Crippen molar-refractivity contribution in [2.24, 2.45) is 17.8 Å². The van der Waals surface area contributed by atoms with Crippen LogP contribution in [0.3, 0.4) is 0 Å². The molecule has 2 heterocycles. The molecule has 1 saturated carbocycles. The van der Waals surface area contributed by atoms with E-state index in [1.54, 1.807) is 0 Å². The number of rotatable bonds is 3. The Morgan fingerprint density at radius 3 is 2.76 bits per heavy atom. The molecule has 0 aromatic heterocycles. The lowest BCUT2D eigenvalue weighted by Crippen LogP contribution is -2.36. The summed E-state index contributed by atoms with van der Waals surface area (Å²) in [5.74, 6) is 2.38. The summed E-state index contributed by atoms with van der Waals surface area (Å²) in [5.41, 5.74) is 1.24. The predicted octanol–water partition coefficient (Wildman–Crippen LogP) is 3.52. The molecule has 0 aromatic carbocycles. The molecule has 5 atom stereocenters. The first-order valence-corrected chi connectivity index (χ1v) is 7.16. The van der Waals surface area contributed by atoms with Gasteiger partial charge in [-0.1, -0.05) is 12.8 Å². The van der Waals surface area contributed by atoms with E-state index in [0.717, 1.165) is 18.4 Å². The first-order valence-electron chi connectivity index (χ1n) is 7.16. The molecule has 0 radical (unpaired) electrons. The van der Waals surface area contributed by atoms with Gasteiger partial charge < -0.3 is 9.47 Å². The van der Waals surface area contributed by atoms with E-state index >= 15 is 0 Å². The van der Waals surface area contributed by atoms with E-state index in [4.69, 9.17) is 9.47 Å². The fourth-order valence-electron chi connectivity index (χ4n) is 4.09. The molecule has 3 rings (SSSR count). The maximum absolute atomic E-state index is 6.19. The first-order chi connectivity index (χ1) is 8.25. The van der Waals surface area contributed by atoms with Gasteiger partial charge >= 0.3 is 0 Å². The number of allylic oxidation sites excluding steroid dienone is 1. The van der Waals surface area contributed by atoms with Gasteiger partial charge in [0.05, 0.1) is 25.1 Å². The number of hydrogen-bond donors (Lipinski definition) is 0. The molecule has 17 heavy (non-hydrogen) atoms. The summed E-state index contributed by atoms with van der Waals surface area (Å²) >= 11 is 0. The van der Waals surface area contributed by atoms with Crippen molar-refractivity contribution >= 4 is 0 Å². The topological polar surface area (TPSA) is 18.5 Å². The standard InChI is InChI=1S/C15H24O2/c1-10(2)8-16-9-11-7-14-12-5-3-4-6-13(12)15(11)17-14/h8,11-15H,3-7,9H2,1-2H3. The minimum Gasteiger partial charge on any atom is -0.501 e. The lowest BCUT2D eigenvalue weighted by molar-refractivity contribution is 0.0549. The summed E-state index contributed by atoms with van der Waals surface area (Å²) in [5, 5.41) is 0. The van der Waals surface area contributed by atoms with Crippen LogP contribution < -0.4 is 0 Å². The molecular weight excluding hydrogens is 212 g/mol. The second-order valence-electron chi connectivity index (χ2n) is 6.28. The van der Waals surface area contributed by atoms with Crippen LogP contribution in [-0.4, -0.2) is 18.8 Å². The third-order valence-electron chi connectivity index (χ3n) is 4.74. The zero-order chi connectivity index (χ0) is 11.8. The summed E-state index contributed by atoms with van der Waals surface area (Å²) in [6, 6.07) is 0. The zero-order valence-electron chi connectivity index (χ0n) is 11.0. The molecule has 2 nitrogen and oxygen atoms in total. The quantitative estimate of drug-likeness (QED) is 0.698. The highest BCUT2D eigenvalue weighted by Gasteiger charge is 2.54. The number of ether oxygens (including phenoxy) is 2. The maximum atomic E-state index is 6.19. The minimum absolute atomic E-state index is 0.510. The van der Waals surface area contributed by atoms with Crippen molar-refractivity contribution in [2.75, 3.05) is 6.61 Å². The smallest absolute Gasteiger partial charge is 0.0927 e. The van der Waals surface area contributed by atoms with Crippen molar-refractivity contribution in [3.05, 3.63) is 11.8 Å². The monoisotopic (exact) mass is 236 g/mol. The van der Waals surface area contributed by atoms with E-state index in [-0.39, 0.29) is 0 Å². The highest BCUT2D eigenvalue weighted by atomic mass is 16.5. The van der Waals surface area contributed by atoms with E-state index in [9.17, 15) is 0 Å². The molecule has 0 amide bonds. The number of hydrogen-bond acceptors (Lipinski definition) is 2. The molecule has 0 spiro atoms. The first kappa shape index (κ1) is 11.6. The third-order valence-corrected chi connectivity index (χ3v) is 4.74. The van der Waals surface area contributed by atoms with Crippen LogP contribution >= 0.6 is 0 Å². The Kier molecular flexibility index (Phi) is 3.16. The average Bonchev–Trinajstić information content (AvgIpc) is 2.87. The van der Waals surface area contributed by atoms with Crippen LogP contribution in [0.2, 0.25) is 0 Å². The summed E-state index contributed by atoms with van der Waals surface area (Å²) < 4.78 is 11.9. The van der Waals surface area contributed by atoms with E-state index < -0.39 is 0 Å². The van der Waals surface area contributed by atoms with Gasteiger partial charge in [-0.25, -0.2) is 0 Å². The highest BCUT2D eigenvalue weighted by molar-refractivity contribution is 5.02. The molecule has 0 aromatic rings. The second kappa shape index (κ2) is 4.64. The molecule has 3 fully saturated rings. The molecule has 2 saturated heterocycles. The maximum Gasteiger partial charge on any atom is 0.0927 e. The summed E-state index contributed by atoms with van der Waals surface area (Å²) in [6.07, 6.45) is 9.84. The predicted molar refractivity (Wildman–Crippen MR) is 67.6 cm³/mol. The van der Waals surface area contributed by atoms with E-state index in [0.29, 0.717) is 18.1 Å². The van der Waals surface area contributed by atoms with Gasteiger partial charge in [0.15, 0.2) is 0 Å². The Balaban J connectivity index is 1.58. The molecule has 0 N–H and O–H groups in total. The summed E-state index contributed by atoms with van der Waals surface area (Å²) in [7, 11) is 0. The second-order valence-corrected chi connectivity index (χ2v) is 6.28. The van der Waals surface area contributed by atoms with Crippen LogP contribution in [0.4, 0.5) is 0 Å². The lowest BCUT2D eigenvalue weighted by Gasteiger charge is -2.35. The Morgan fingerprint density at radius 1 is 1.24 bits per heavy atom. The van der Waals surface area contributed by atoms with E-state index in [2.05, 4.69) is 13.8 Å². The van der Waals surface area contributed by atoms with Crippen molar-refractivity contribution in [3.63, 3.8) is 0 Å². The van der Waals surface area contributed by atoms with Gasteiger partial charge in [-0.3, -0.25) is 0 Å². The van der Waals surface area contributed by atoms with Gasteiger partial charge in [-0.15, -0.1) is 0 Å². The normalized spacial score (nSPS) is 43.3. The zero-order valence-corrected chi connectivity index (χ0v) is 11.0. The summed E-state index contributed by atoms with van der Waals surface area (Å²) in [4.78, 5) is 0. The van der Waals surface area contributed by atoms with Gasteiger partial charge in [0.2, 0.25) is 0 Å². The largest absolute Gasteiger partial charge is 0.501 e. The molecule has 2 bridgehead atoms. The molecule has 1 aliphatic carbocycles. The SMILES string of the molecule is CC(C)=COCC1CC2OC1C1CCCCC21. The van der Waals surface area contributed by atoms with Crippen LogP contribution in [0.5, 0.6) is 0 Å². The van der Waals surface area contributed by atoms with Crippen LogP contribution in [0.25, 0.3) is 0 Å². The molecule has 3 aliphatic rings. The van der Waals surface area contributed by atoms with Crippen molar-refractivity contribution < 1.29 is 9.47 Å². The van der Waals surface area contributed by atoms with Gasteiger partial charge in [-0.2, -0.15) is 0 Å². The third kappa shape index (κ3) is 2.12. The van der Waals surface area contributed by atoms with Gasteiger partial charge in [0.25, 0.3) is 0 Å². The highest BCUT2D eigenvalue weighted by Crippen LogP contribution is 2.52. The van der Waals surface area contributed by atoms with Crippen LogP contribution in [-0.2, 0) is 9.47 Å². The van der Waals surface area contributed by atoms with Crippen molar-refractivity contribution in [1.82, 2.24) is 0 Å². The van der Waals surface area contributed by atoms with Crippen molar-refractivity contribution in [3.8, 4) is 0 Å². The van der Waals surface area contributed by atoms with Crippen LogP contribution in [0.1, 0.15) is 46.0 Å². The van der Waals surface area contributed by atoms with Gasteiger partial charge in [-0.05, 0) is 50.5 Å². The Bertz CT molecular complexity index is 306. The molecule has 2 heteroatoms. The average molecular weight is 236 g/mol. The van der Waals surface area contributed by atoms with Crippen molar-refractivity contribution in [2.45, 2.75) is 58.2 Å². The Labute approximate surface area is 104 Å². The minimum atomic E-state index is 0.510.